The minimum atomic E-state index is -0.502. The molecule has 4 heterocycles. The zero-order valence-corrected chi connectivity index (χ0v) is 37.9. The smallest absolute Gasteiger partial charge is 0.410 e. The van der Waals surface area contributed by atoms with E-state index in [4.69, 9.17) is 4.74 Å². The van der Waals surface area contributed by atoms with Crippen LogP contribution >= 0.6 is 0 Å². The number of carbonyl (C=O) groups excluding carboxylic acids is 2. The molecule has 11 heteroatoms. The van der Waals surface area contributed by atoms with Gasteiger partial charge in [-0.05, 0) is 58.1 Å². The van der Waals surface area contributed by atoms with Gasteiger partial charge in [-0.2, -0.15) is 0 Å². The van der Waals surface area contributed by atoms with Gasteiger partial charge in [-0.3, -0.25) is 4.79 Å². The highest BCUT2D eigenvalue weighted by Crippen LogP contribution is 2.31. The van der Waals surface area contributed by atoms with Crippen LogP contribution in [-0.4, -0.2) is 95.7 Å². The third-order valence-electron chi connectivity index (χ3n) is 9.59. The van der Waals surface area contributed by atoms with Crippen LogP contribution in [0.4, 0.5) is 16.7 Å². The van der Waals surface area contributed by atoms with Gasteiger partial charge in [-0.1, -0.05) is 110 Å². The number of piperidine rings is 1. The fourth-order valence-corrected chi connectivity index (χ4v) is 6.23. The molecule has 1 amide bonds. The summed E-state index contributed by atoms with van der Waals surface area (Å²) in [5, 5.41) is 0. The molecule has 10 nitrogen and oxygen atoms in total. The minimum absolute atomic E-state index is 0.0678. The number of anilines is 2. The largest absolute Gasteiger partial charge is 0.444 e. The Morgan fingerprint density at radius 3 is 1.46 bits per heavy atom. The van der Waals surface area contributed by atoms with E-state index in [-0.39, 0.29) is 31.4 Å². The van der Waals surface area contributed by atoms with Crippen LogP contribution in [-0.2, 0) is 10.2 Å². The summed E-state index contributed by atoms with van der Waals surface area (Å²) in [4.78, 5) is 48.4. The number of ketones is 1. The predicted octanol–water partition coefficient (Wildman–Crippen LogP) is 9.92. The molecule has 312 valence electrons. The number of amides is 1. The van der Waals surface area contributed by atoms with Crippen LogP contribution in [0.5, 0.6) is 0 Å². The quantitative estimate of drug-likeness (QED) is 0.122. The minimum Gasteiger partial charge on any atom is -0.444 e. The van der Waals surface area contributed by atoms with Crippen molar-refractivity contribution < 1.29 is 14.3 Å². The first-order chi connectivity index (χ1) is 28.1. The van der Waals surface area contributed by atoms with Gasteiger partial charge in [0.2, 0.25) is 11.9 Å². The zero-order valence-electron chi connectivity index (χ0n) is 36.8. The highest BCUT2D eigenvalue weighted by molar-refractivity contribution is 6.54. The molecular formula is C48H64AlN7O3. The van der Waals surface area contributed by atoms with Crippen LogP contribution in [0.25, 0.3) is 0 Å². The van der Waals surface area contributed by atoms with E-state index >= 15 is 0 Å². The SMILES string of the molecule is CC(C)(C)OC(=O)N1CCN(c2ncc(C(=O)c3ccccc3)cn2)CC1.CC(C)(c1ccccc1)c1cnc(N2CCCCC2)nc1.Cc1ccccc1.[CH3][Al]([CH3])[CH3]. The molecule has 2 aromatic heterocycles. The van der Waals surface area contributed by atoms with E-state index in [9.17, 15) is 9.59 Å². The van der Waals surface area contributed by atoms with Crippen molar-refractivity contribution in [2.75, 3.05) is 49.1 Å². The number of rotatable bonds is 6. The van der Waals surface area contributed by atoms with E-state index in [1.807, 2.05) is 74.5 Å². The number of nitrogens with zero attached hydrogens (tertiary/aromatic N) is 7. The molecule has 59 heavy (non-hydrogen) atoms. The molecule has 0 radical (unpaired) electrons. The van der Waals surface area contributed by atoms with E-state index < -0.39 is 5.60 Å². The number of aryl methyl sites for hydroxylation is 1. The fourth-order valence-electron chi connectivity index (χ4n) is 6.23. The van der Waals surface area contributed by atoms with Gasteiger partial charge in [0.05, 0.1) is 5.56 Å². The Balaban J connectivity index is 0.000000211. The van der Waals surface area contributed by atoms with Crippen LogP contribution in [0, 0.1) is 6.92 Å². The molecule has 2 aliphatic rings. The second-order valence-electron chi connectivity index (χ2n) is 17.1. The molecule has 2 aliphatic heterocycles. The molecule has 2 fully saturated rings. The number of hydrogen-bond donors (Lipinski definition) is 0. The third-order valence-corrected chi connectivity index (χ3v) is 9.59. The van der Waals surface area contributed by atoms with E-state index in [0.29, 0.717) is 43.3 Å². The Morgan fingerprint density at radius 1 is 0.559 bits per heavy atom. The van der Waals surface area contributed by atoms with Crippen LogP contribution in [0.3, 0.4) is 0 Å². The second kappa shape index (κ2) is 22.9. The molecule has 0 aliphatic carbocycles. The molecule has 0 N–H and O–H groups in total. The Labute approximate surface area is 357 Å². The fraction of sp³-hybridized carbons (Fsp3) is 0.417. The van der Waals surface area contributed by atoms with Gasteiger partial charge in [0.15, 0.2) is 5.78 Å². The molecule has 0 bridgehead atoms. The predicted molar refractivity (Wildman–Crippen MR) is 243 cm³/mol. The summed E-state index contributed by atoms with van der Waals surface area (Å²) in [5.74, 6) is 8.25. The first-order valence-corrected chi connectivity index (χ1v) is 24.4. The summed E-state index contributed by atoms with van der Waals surface area (Å²) in [5.41, 5.74) is 4.27. The average Bonchev–Trinajstić information content (AvgIpc) is 3.24. The highest BCUT2D eigenvalue weighted by atomic mass is 27.2. The van der Waals surface area contributed by atoms with Gasteiger partial charge < -0.3 is 19.4 Å². The van der Waals surface area contributed by atoms with Crippen molar-refractivity contribution in [3.05, 3.63) is 144 Å². The number of benzene rings is 3. The summed E-state index contributed by atoms with van der Waals surface area (Å²) in [6, 6.07) is 29.9. The average molecular weight is 814 g/mol. The maximum atomic E-state index is 12.4. The van der Waals surface area contributed by atoms with Crippen LogP contribution in [0.1, 0.15) is 86.5 Å². The maximum absolute atomic E-state index is 12.4. The lowest BCUT2D eigenvalue weighted by molar-refractivity contribution is 0.0240. The monoisotopic (exact) mass is 813 g/mol. The highest BCUT2D eigenvalue weighted by Gasteiger charge is 2.27. The van der Waals surface area contributed by atoms with Gasteiger partial charge in [0, 0.05) is 75.0 Å². The first kappa shape index (κ1) is 46.6. The molecule has 3 aromatic carbocycles. The second-order valence-corrected chi connectivity index (χ2v) is 20.6. The van der Waals surface area contributed by atoms with E-state index in [1.54, 1.807) is 29.4 Å². The molecule has 0 saturated carbocycles. The first-order valence-electron chi connectivity index (χ1n) is 20.9. The molecule has 0 spiro atoms. The number of ether oxygens (including phenoxy) is 1. The summed E-state index contributed by atoms with van der Waals surface area (Å²) < 4.78 is 5.40. The van der Waals surface area contributed by atoms with Gasteiger partial charge in [-0.25, -0.2) is 24.7 Å². The Kier molecular flexibility index (Phi) is 18.1. The summed E-state index contributed by atoms with van der Waals surface area (Å²) in [6.45, 7) is 16.6. The van der Waals surface area contributed by atoms with E-state index in [1.165, 1.54) is 30.4 Å². The Hall–Kier alpha value is -5.11. The van der Waals surface area contributed by atoms with Crippen molar-refractivity contribution in [2.45, 2.75) is 89.2 Å². The summed E-state index contributed by atoms with van der Waals surface area (Å²) >= 11 is -0.139. The standard InChI is InChI=1S/C20H24N4O3.C18H23N3.C7H8.3CH3.Al/c1-20(2,3)27-19(26)24-11-9-23(10-12-24)18-21-13-16(14-22-18)17(25)15-7-5-4-6-8-15;1-18(2,15-9-5-3-6-10-15)16-13-19-17(20-14-16)21-11-7-4-8-12-21;1-7-5-3-2-4-6-7;;;;/h4-8,13-14H,9-12H2,1-3H3;3,5-6,9-10,13-14H,4,7-8,11-12H2,1-2H3;2-6H,1H3;3*1H3;. The van der Waals surface area contributed by atoms with Crippen molar-refractivity contribution in [3.8, 4) is 0 Å². The van der Waals surface area contributed by atoms with Crippen molar-refractivity contribution in [1.82, 2.24) is 24.8 Å². The van der Waals surface area contributed by atoms with Crippen molar-refractivity contribution in [2.24, 2.45) is 0 Å². The Bertz CT molecular complexity index is 1960. The summed E-state index contributed by atoms with van der Waals surface area (Å²) in [7, 11) is 0. The number of carbonyl (C=O) groups is 2. The molecular weight excluding hydrogens is 750 g/mol. The van der Waals surface area contributed by atoms with Gasteiger partial charge >= 0.3 is 6.09 Å². The topological polar surface area (TPSA) is 105 Å². The molecule has 7 rings (SSSR count). The maximum Gasteiger partial charge on any atom is 0.410 e. The normalized spacial score (nSPS) is 13.9. The van der Waals surface area contributed by atoms with Crippen molar-refractivity contribution in [3.63, 3.8) is 0 Å². The molecule has 5 aromatic rings. The number of hydrogen-bond acceptors (Lipinski definition) is 9. The van der Waals surface area contributed by atoms with Crippen molar-refractivity contribution >= 4 is 37.9 Å². The molecule has 0 atom stereocenters. The van der Waals surface area contributed by atoms with Crippen LogP contribution < -0.4 is 9.80 Å². The number of piperazine rings is 1. The van der Waals surface area contributed by atoms with Crippen LogP contribution in [0.2, 0.25) is 17.4 Å². The van der Waals surface area contributed by atoms with E-state index in [0.717, 1.165) is 24.6 Å². The van der Waals surface area contributed by atoms with Gasteiger partial charge in [0.1, 0.15) is 5.60 Å². The lowest BCUT2D eigenvalue weighted by Gasteiger charge is -2.35. The lowest BCUT2D eigenvalue weighted by atomic mass is 9.79. The molecule has 2 saturated heterocycles. The van der Waals surface area contributed by atoms with Gasteiger partial charge in [-0.15, -0.1) is 17.4 Å². The third kappa shape index (κ3) is 15.5. The Morgan fingerprint density at radius 2 is 1.00 bits per heavy atom. The van der Waals surface area contributed by atoms with E-state index in [2.05, 4.69) is 105 Å². The van der Waals surface area contributed by atoms with Gasteiger partial charge in [0.25, 0.3) is 14.1 Å². The van der Waals surface area contributed by atoms with Crippen LogP contribution in [0.15, 0.2) is 116 Å². The summed E-state index contributed by atoms with van der Waals surface area (Å²) in [6.07, 6.45) is 10.6. The zero-order chi connectivity index (χ0) is 42.8. The van der Waals surface area contributed by atoms with Crippen molar-refractivity contribution in [1.29, 1.82) is 0 Å². The number of aromatic nitrogens is 4. The lowest BCUT2D eigenvalue weighted by Crippen LogP contribution is -2.50. The molecule has 0 unspecified atom stereocenters.